The molecule has 16 heavy (non-hydrogen) atoms. The summed E-state index contributed by atoms with van der Waals surface area (Å²) < 4.78 is 24.5. The number of ether oxygens (including phenoxy) is 2. The third kappa shape index (κ3) is 1.53. The maximum atomic E-state index is 13.9. The van der Waals surface area contributed by atoms with Crippen LogP contribution in [0.25, 0.3) is 0 Å². The molecule has 0 saturated carbocycles. The Morgan fingerprint density at radius 3 is 3.00 bits per heavy atom. The summed E-state index contributed by atoms with van der Waals surface area (Å²) in [6.07, 6.45) is 3.24. The number of halogens is 1. The second-order valence-corrected chi connectivity index (χ2v) is 4.20. The molecule has 2 aliphatic heterocycles. The largest absolute Gasteiger partial charge is 0.454 e. The quantitative estimate of drug-likeness (QED) is 0.792. The van der Waals surface area contributed by atoms with Crippen molar-refractivity contribution in [3.63, 3.8) is 0 Å². The molecule has 2 aliphatic rings. The van der Waals surface area contributed by atoms with Crippen molar-refractivity contribution in [3.05, 3.63) is 23.5 Å². The van der Waals surface area contributed by atoms with E-state index in [9.17, 15) is 4.39 Å². The van der Waals surface area contributed by atoms with Crippen LogP contribution < -0.4 is 14.8 Å². The van der Waals surface area contributed by atoms with Gasteiger partial charge in [-0.3, -0.25) is 0 Å². The van der Waals surface area contributed by atoms with Gasteiger partial charge in [-0.25, -0.2) is 4.39 Å². The molecule has 3 rings (SSSR count). The van der Waals surface area contributed by atoms with Crippen LogP contribution in [-0.4, -0.2) is 13.3 Å². The van der Waals surface area contributed by atoms with Crippen LogP contribution in [0.15, 0.2) is 12.1 Å². The molecular weight excluding hydrogens is 209 g/mol. The van der Waals surface area contributed by atoms with Crippen LogP contribution in [0, 0.1) is 5.82 Å². The van der Waals surface area contributed by atoms with Crippen LogP contribution >= 0.6 is 0 Å². The van der Waals surface area contributed by atoms with E-state index in [1.165, 1.54) is 6.07 Å². The number of hydrogen-bond acceptors (Lipinski definition) is 3. The zero-order valence-electron chi connectivity index (χ0n) is 8.96. The smallest absolute Gasteiger partial charge is 0.231 e. The van der Waals surface area contributed by atoms with Crippen molar-refractivity contribution in [2.75, 3.05) is 13.3 Å². The molecule has 86 valence electrons. The lowest BCUT2D eigenvalue weighted by Gasteiger charge is -2.25. The van der Waals surface area contributed by atoms with E-state index in [0.717, 1.165) is 25.8 Å². The van der Waals surface area contributed by atoms with Gasteiger partial charge in [0.1, 0.15) is 5.82 Å². The highest BCUT2D eigenvalue weighted by molar-refractivity contribution is 5.50. The minimum atomic E-state index is -0.205. The molecule has 1 saturated heterocycles. The fraction of sp³-hybridized carbons (Fsp3) is 0.500. The van der Waals surface area contributed by atoms with Gasteiger partial charge in [0.05, 0.1) is 5.56 Å². The van der Waals surface area contributed by atoms with E-state index in [1.54, 1.807) is 6.07 Å². The number of fused-ring (bicyclic) bond motifs is 1. The van der Waals surface area contributed by atoms with E-state index in [-0.39, 0.29) is 18.7 Å². The number of hydrogen-bond donors (Lipinski definition) is 1. The summed E-state index contributed by atoms with van der Waals surface area (Å²) >= 11 is 0. The standard InChI is InChI=1S/C12H14FNO2/c13-8-4-5-10-12(16-7-15-10)11(8)9-3-1-2-6-14-9/h4-5,9,14H,1-3,6-7H2. The highest BCUT2D eigenvalue weighted by Gasteiger charge is 2.27. The van der Waals surface area contributed by atoms with E-state index in [2.05, 4.69) is 5.32 Å². The normalized spacial score (nSPS) is 23.4. The van der Waals surface area contributed by atoms with Gasteiger partial charge in [0.2, 0.25) is 6.79 Å². The molecule has 1 unspecified atom stereocenters. The van der Waals surface area contributed by atoms with Crippen molar-refractivity contribution in [3.8, 4) is 11.5 Å². The van der Waals surface area contributed by atoms with Crippen LogP contribution in [0.3, 0.4) is 0 Å². The van der Waals surface area contributed by atoms with Crippen molar-refractivity contribution in [1.29, 1.82) is 0 Å². The Morgan fingerprint density at radius 1 is 1.25 bits per heavy atom. The maximum Gasteiger partial charge on any atom is 0.231 e. The second-order valence-electron chi connectivity index (χ2n) is 4.20. The van der Waals surface area contributed by atoms with Gasteiger partial charge in [0.15, 0.2) is 11.5 Å². The van der Waals surface area contributed by atoms with Crippen molar-refractivity contribution < 1.29 is 13.9 Å². The Bertz CT molecular complexity index is 402. The second kappa shape index (κ2) is 3.94. The molecule has 0 bridgehead atoms. The van der Waals surface area contributed by atoms with Gasteiger partial charge in [-0.15, -0.1) is 0 Å². The molecule has 0 aromatic heterocycles. The summed E-state index contributed by atoms with van der Waals surface area (Å²) in [5.41, 5.74) is 0.634. The molecule has 3 nitrogen and oxygen atoms in total. The first kappa shape index (κ1) is 9.90. The fourth-order valence-electron chi connectivity index (χ4n) is 2.39. The highest BCUT2D eigenvalue weighted by Crippen LogP contribution is 2.41. The van der Waals surface area contributed by atoms with Crippen LogP contribution in [0.2, 0.25) is 0 Å². The predicted molar refractivity (Wildman–Crippen MR) is 57.1 cm³/mol. The third-order valence-electron chi connectivity index (χ3n) is 3.18. The van der Waals surface area contributed by atoms with Crippen LogP contribution in [-0.2, 0) is 0 Å². The first-order chi connectivity index (χ1) is 7.86. The summed E-state index contributed by atoms with van der Waals surface area (Å²) in [6.45, 7) is 1.13. The SMILES string of the molecule is Fc1ccc2c(c1C1CCCCN1)OCO2. The molecule has 4 heteroatoms. The summed E-state index contributed by atoms with van der Waals surface area (Å²) in [7, 11) is 0. The van der Waals surface area contributed by atoms with Gasteiger partial charge in [-0.05, 0) is 31.5 Å². The molecule has 1 fully saturated rings. The van der Waals surface area contributed by atoms with Crippen molar-refractivity contribution >= 4 is 0 Å². The average molecular weight is 223 g/mol. The highest BCUT2D eigenvalue weighted by atomic mass is 19.1. The number of nitrogens with one attached hydrogen (secondary N) is 1. The molecule has 0 spiro atoms. The molecule has 2 heterocycles. The molecular formula is C12H14FNO2. The Labute approximate surface area is 93.6 Å². The van der Waals surface area contributed by atoms with Gasteiger partial charge < -0.3 is 14.8 Å². The van der Waals surface area contributed by atoms with E-state index in [0.29, 0.717) is 17.1 Å². The fourth-order valence-corrected chi connectivity index (χ4v) is 2.39. The summed E-state index contributed by atoms with van der Waals surface area (Å²) in [5.74, 6) is 1.03. The topological polar surface area (TPSA) is 30.5 Å². The van der Waals surface area contributed by atoms with Crippen molar-refractivity contribution in [2.24, 2.45) is 0 Å². The Kier molecular flexibility index (Phi) is 2.44. The van der Waals surface area contributed by atoms with Crippen LogP contribution in [0.4, 0.5) is 4.39 Å². The van der Waals surface area contributed by atoms with Gasteiger partial charge in [0, 0.05) is 6.04 Å². The number of rotatable bonds is 1. The van der Waals surface area contributed by atoms with Crippen molar-refractivity contribution in [1.82, 2.24) is 5.32 Å². The van der Waals surface area contributed by atoms with Crippen molar-refractivity contribution in [2.45, 2.75) is 25.3 Å². The molecule has 1 aromatic carbocycles. The van der Waals surface area contributed by atoms with Crippen LogP contribution in [0.1, 0.15) is 30.9 Å². The lowest BCUT2D eigenvalue weighted by atomic mass is 9.96. The van der Waals surface area contributed by atoms with E-state index in [4.69, 9.17) is 9.47 Å². The molecule has 1 N–H and O–H groups in total. The number of benzene rings is 1. The van der Waals surface area contributed by atoms with Gasteiger partial charge in [-0.1, -0.05) is 6.42 Å². The zero-order valence-corrected chi connectivity index (χ0v) is 8.96. The van der Waals surface area contributed by atoms with E-state index in [1.807, 2.05) is 0 Å². The summed E-state index contributed by atoms with van der Waals surface area (Å²) in [5, 5.41) is 3.33. The Morgan fingerprint density at radius 2 is 2.19 bits per heavy atom. The Hall–Kier alpha value is -1.29. The third-order valence-corrected chi connectivity index (χ3v) is 3.18. The first-order valence-electron chi connectivity index (χ1n) is 5.67. The first-order valence-corrected chi connectivity index (χ1v) is 5.67. The molecule has 1 atom stereocenters. The van der Waals surface area contributed by atoms with E-state index < -0.39 is 0 Å². The van der Waals surface area contributed by atoms with E-state index >= 15 is 0 Å². The molecule has 0 radical (unpaired) electrons. The molecule has 0 aliphatic carbocycles. The van der Waals surface area contributed by atoms with Gasteiger partial charge in [0.25, 0.3) is 0 Å². The zero-order chi connectivity index (χ0) is 11.0. The minimum Gasteiger partial charge on any atom is -0.454 e. The summed E-state index contributed by atoms with van der Waals surface area (Å²) in [4.78, 5) is 0. The van der Waals surface area contributed by atoms with Crippen LogP contribution in [0.5, 0.6) is 11.5 Å². The maximum absolute atomic E-state index is 13.9. The number of piperidine rings is 1. The Balaban J connectivity index is 2.01. The monoisotopic (exact) mass is 223 g/mol. The molecule has 1 aromatic rings. The average Bonchev–Trinajstić information content (AvgIpc) is 2.78. The minimum absolute atomic E-state index is 0.0606. The summed E-state index contributed by atoms with van der Waals surface area (Å²) in [6, 6.07) is 3.15. The lowest BCUT2D eigenvalue weighted by molar-refractivity contribution is 0.172. The lowest BCUT2D eigenvalue weighted by Crippen LogP contribution is -2.27. The van der Waals surface area contributed by atoms with Gasteiger partial charge in [-0.2, -0.15) is 0 Å². The predicted octanol–water partition coefficient (Wildman–Crippen LogP) is 2.37. The van der Waals surface area contributed by atoms with Gasteiger partial charge >= 0.3 is 0 Å². The molecule has 0 amide bonds.